The molecule has 1 saturated heterocycles. The molecular formula is C27H28N4OS2. The molecule has 1 fully saturated rings. The zero-order valence-electron chi connectivity index (χ0n) is 19.3. The Morgan fingerprint density at radius 1 is 1.00 bits per heavy atom. The second kappa shape index (κ2) is 10.6. The smallest absolute Gasteiger partial charge is 0.233 e. The molecule has 1 aliphatic heterocycles. The van der Waals surface area contributed by atoms with Crippen LogP contribution >= 0.6 is 23.1 Å². The van der Waals surface area contributed by atoms with Gasteiger partial charge in [0, 0.05) is 18.8 Å². The van der Waals surface area contributed by atoms with Crippen LogP contribution in [0, 0.1) is 12.8 Å². The maximum absolute atomic E-state index is 13.0. The van der Waals surface area contributed by atoms with Crippen LogP contribution in [0.25, 0.3) is 16.4 Å². The lowest BCUT2D eigenvalue weighted by atomic mass is 9.90. The van der Waals surface area contributed by atoms with Crippen molar-refractivity contribution in [2.75, 3.05) is 18.8 Å². The molecule has 0 spiro atoms. The van der Waals surface area contributed by atoms with Crippen molar-refractivity contribution in [1.82, 2.24) is 19.7 Å². The highest BCUT2D eigenvalue weighted by Gasteiger charge is 2.24. The van der Waals surface area contributed by atoms with Gasteiger partial charge in [0.25, 0.3) is 0 Å². The summed E-state index contributed by atoms with van der Waals surface area (Å²) in [5.41, 5.74) is 3.60. The van der Waals surface area contributed by atoms with E-state index in [9.17, 15) is 4.79 Å². The summed E-state index contributed by atoms with van der Waals surface area (Å²) in [4.78, 5) is 16.1. The van der Waals surface area contributed by atoms with Crippen LogP contribution in [-0.4, -0.2) is 44.4 Å². The van der Waals surface area contributed by atoms with Gasteiger partial charge in [0.1, 0.15) is 0 Å². The van der Waals surface area contributed by atoms with Crippen molar-refractivity contribution in [1.29, 1.82) is 0 Å². The molecule has 174 valence electrons. The first-order valence-corrected chi connectivity index (χ1v) is 13.5. The summed E-state index contributed by atoms with van der Waals surface area (Å²) in [7, 11) is 0. The van der Waals surface area contributed by atoms with Crippen molar-refractivity contribution in [3.05, 3.63) is 83.2 Å². The number of carbonyl (C=O) groups is 1. The first-order chi connectivity index (χ1) is 16.7. The van der Waals surface area contributed by atoms with Gasteiger partial charge < -0.3 is 4.90 Å². The first-order valence-electron chi connectivity index (χ1n) is 11.7. The zero-order chi connectivity index (χ0) is 23.3. The lowest BCUT2D eigenvalue weighted by Crippen LogP contribution is -2.39. The van der Waals surface area contributed by atoms with E-state index in [0.29, 0.717) is 11.7 Å². The third-order valence-corrected chi connectivity index (χ3v) is 8.11. The van der Waals surface area contributed by atoms with E-state index in [4.69, 9.17) is 0 Å². The van der Waals surface area contributed by atoms with Crippen LogP contribution in [-0.2, 0) is 11.2 Å². The van der Waals surface area contributed by atoms with Crippen LogP contribution in [0.3, 0.4) is 0 Å². The Balaban J connectivity index is 1.24. The Hall–Kier alpha value is -2.90. The average Bonchev–Trinajstić information content (AvgIpc) is 3.54. The lowest BCUT2D eigenvalue weighted by molar-refractivity contribution is -0.129. The fourth-order valence-corrected chi connectivity index (χ4v) is 5.96. The third-order valence-electron chi connectivity index (χ3n) is 6.33. The fourth-order valence-electron chi connectivity index (χ4n) is 4.41. The molecule has 1 amide bonds. The maximum atomic E-state index is 13.0. The molecule has 4 aromatic rings. The fraction of sp³-hybridized carbons (Fsp3) is 0.296. The molecular weight excluding hydrogens is 460 g/mol. The topological polar surface area (TPSA) is 51.0 Å². The van der Waals surface area contributed by atoms with E-state index in [1.54, 1.807) is 11.3 Å². The molecule has 34 heavy (non-hydrogen) atoms. The van der Waals surface area contributed by atoms with E-state index < -0.39 is 0 Å². The minimum absolute atomic E-state index is 0.180. The first kappa shape index (κ1) is 22.9. The number of nitrogens with zero attached hydrogens (tertiary/aromatic N) is 4. The summed E-state index contributed by atoms with van der Waals surface area (Å²) in [6.45, 7) is 3.75. The number of amides is 1. The van der Waals surface area contributed by atoms with Gasteiger partial charge in [0.15, 0.2) is 11.0 Å². The molecule has 7 heteroatoms. The molecule has 5 rings (SSSR count). The van der Waals surface area contributed by atoms with Gasteiger partial charge in [0.2, 0.25) is 5.91 Å². The Labute approximate surface area is 208 Å². The highest BCUT2D eigenvalue weighted by Crippen LogP contribution is 2.31. The van der Waals surface area contributed by atoms with Gasteiger partial charge in [-0.15, -0.1) is 21.5 Å². The van der Waals surface area contributed by atoms with E-state index in [2.05, 4.69) is 82.4 Å². The van der Waals surface area contributed by atoms with Gasteiger partial charge in [-0.25, -0.2) is 0 Å². The van der Waals surface area contributed by atoms with Crippen LogP contribution in [0.15, 0.2) is 77.3 Å². The molecule has 0 N–H and O–H groups in total. The highest BCUT2D eigenvalue weighted by atomic mass is 32.2. The monoisotopic (exact) mass is 488 g/mol. The van der Waals surface area contributed by atoms with E-state index in [1.807, 2.05) is 16.3 Å². The van der Waals surface area contributed by atoms with E-state index in [0.717, 1.165) is 53.9 Å². The van der Waals surface area contributed by atoms with Gasteiger partial charge in [-0.1, -0.05) is 65.9 Å². The van der Waals surface area contributed by atoms with E-state index in [1.165, 1.54) is 22.9 Å². The van der Waals surface area contributed by atoms with Crippen molar-refractivity contribution in [3.8, 4) is 16.4 Å². The van der Waals surface area contributed by atoms with Crippen LogP contribution in [0.5, 0.6) is 0 Å². The Morgan fingerprint density at radius 2 is 1.76 bits per heavy atom. The number of carbonyl (C=O) groups excluding carboxylic acids is 1. The van der Waals surface area contributed by atoms with Crippen LogP contribution < -0.4 is 0 Å². The minimum Gasteiger partial charge on any atom is -0.342 e. The van der Waals surface area contributed by atoms with Crippen molar-refractivity contribution in [3.63, 3.8) is 0 Å². The second-order valence-electron chi connectivity index (χ2n) is 8.76. The highest BCUT2D eigenvalue weighted by molar-refractivity contribution is 7.99. The summed E-state index contributed by atoms with van der Waals surface area (Å²) in [5.74, 6) is 2.02. The lowest BCUT2D eigenvalue weighted by Gasteiger charge is -2.32. The molecule has 3 heterocycles. The summed E-state index contributed by atoms with van der Waals surface area (Å²) in [6.07, 6.45) is 3.23. The van der Waals surface area contributed by atoms with Gasteiger partial charge in [-0.05, 0) is 61.2 Å². The summed E-state index contributed by atoms with van der Waals surface area (Å²) >= 11 is 3.11. The number of rotatable bonds is 7. The number of thiophene rings is 1. The molecule has 2 aromatic carbocycles. The molecule has 0 bridgehead atoms. The number of likely N-dealkylation sites (tertiary alicyclic amines) is 1. The number of hydrogen-bond donors (Lipinski definition) is 0. The normalized spacial score (nSPS) is 14.4. The van der Waals surface area contributed by atoms with Crippen LogP contribution in [0.1, 0.15) is 24.0 Å². The zero-order valence-corrected chi connectivity index (χ0v) is 20.9. The minimum atomic E-state index is 0.180. The quantitative estimate of drug-likeness (QED) is 0.305. The Bertz CT molecular complexity index is 1210. The largest absolute Gasteiger partial charge is 0.342 e. The number of hydrogen-bond acceptors (Lipinski definition) is 5. The number of benzene rings is 2. The molecule has 0 saturated carbocycles. The molecule has 0 unspecified atom stereocenters. The molecule has 0 aliphatic carbocycles. The molecule has 1 aliphatic rings. The SMILES string of the molecule is Cc1ccc(-n2c(SCC(=O)N3CCC(Cc4ccccc4)CC3)nnc2-c2cccs2)cc1. The summed E-state index contributed by atoms with van der Waals surface area (Å²) in [6, 6.07) is 23.1. The van der Waals surface area contributed by atoms with Crippen LogP contribution in [0.2, 0.25) is 0 Å². The summed E-state index contributed by atoms with van der Waals surface area (Å²) < 4.78 is 2.06. The van der Waals surface area contributed by atoms with Gasteiger partial charge in [-0.3, -0.25) is 9.36 Å². The number of aryl methyl sites for hydroxylation is 1. The third kappa shape index (κ3) is 5.26. The average molecular weight is 489 g/mol. The van der Waals surface area contributed by atoms with Gasteiger partial charge in [-0.2, -0.15) is 0 Å². The van der Waals surface area contributed by atoms with Gasteiger partial charge in [0.05, 0.1) is 10.6 Å². The van der Waals surface area contributed by atoms with Crippen molar-refractivity contribution >= 4 is 29.0 Å². The molecule has 0 atom stereocenters. The molecule has 5 nitrogen and oxygen atoms in total. The van der Waals surface area contributed by atoms with E-state index in [-0.39, 0.29) is 5.91 Å². The number of thioether (sulfide) groups is 1. The number of piperidine rings is 1. The molecule has 0 radical (unpaired) electrons. The maximum Gasteiger partial charge on any atom is 0.233 e. The Kier molecular flexibility index (Phi) is 7.11. The van der Waals surface area contributed by atoms with Crippen molar-refractivity contribution < 1.29 is 4.79 Å². The molecule has 2 aromatic heterocycles. The van der Waals surface area contributed by atoms with Crippen molar-refractivity contribution in [2.24, 2.45) is 5.92 Å². The second-order valence-corrected chi connectivity index (χ2v) is 10.6. The number of aromatic nitrogens is 3. The summed E-state index contributed by atoms with van der Waals surface area (Å²) in [5, 5.41) is 11.7. The van der Waals surface area contributed by atoms with Crippen molar-refractivity contribution in [2.45, 2.75) is 31.3 Å². The predicted molar refractivity (Wildman–Crippen MR) is 140 cm³/mol. The standard InChI is InChI=1S/C27H28N4OS2/c1-20-9-11-23(12-10-20)31-26(24-8-5-17-33-24)28-29-27(31)34-19-25(32)30-15-13-22(14-16-30)18-21-6-3-2-4-7-21/h2-12,17,22H,13-16,18-19H2,1H3. The van der Waals surface area contributed by atoms with Crippen LogP contribution in [0.4, 0.5) is 0 Å². The predicted octanol–water partition coefficient (Wildman–Crippen LogP) is 5.88. The Morgan fingerprint density at radius 3 is 2.47 bits per heavy atom. The van der Waals surface area contributed by atoms with Gasteiger partial charge >= 0.3 is 0 Å². The van der Waals surface area contributed by atoms with E-state index >= 15 is 0 Å².